The highest BCUT2D eigenvalue weighted by molar-refractivity contribution is 5.74. The molecule has 3 heteroatoms. The smallest absolute Gasteiger partial charge is 0.313 e. The number of aliphatic hydroxyl groups excluding tert-OH is 1. The Morgan fingerprint density at radius 2 is 1.93 bits per heavy atom. The number of carbonyl (C=O) groups is 1. The predicted molar refractivity (Wildman–Crippen MR) is 52.8 cm³/mol. The lowest BCUT2D eigenvalue weighted by Crippen LogP contribution is -2.14. The summed E-state index contributed by atoms with van der Waals surface area (Å²) in [5.74, 6) is 0.134. The van der Waals surface area contributed by atoms with Crippen molar-refractivity contribution >= 4 is 5.97 Å². The van der Waals surface area contributed by atoms with Crippen LogP contribution in [0.5, 0.6) is 5.75 Å². The third-order valence-electron chi connectivity index (χ3n) is 1.80. The van der Waals surface area contributed by atoms with Gasteiger partial charge in [0.15, 0.2) is 0 Å². The van der Waals surface area contributed by atoms with Crippen molar-refractivity contribution < 1.29 is 14.6 Å². The van der Waals surface area contributed by atoms with Gasteiger partial charge in [-0.15, -0.1) is 0 Å². The molecule has 0 radical (unpaired) electrons. The number of ether oxygens (including phenoxy) is 1. The van der Waals surface area contributed by atoms with E-state index in [0.717, 1.165) is 5.56 Å². The van der Waals surface area contributed by atoms with E-state index in [9.17, 15) is 4.79 Å². The zero-order valence-electron chi connectivity index (χ0n) is 8.36. The molecule has 0 aliphatic heterocycles. The molecule has 0 saturated heterocycles. The third kappa shape index (κ3) is 2.85. The molecule has 0 heterocycles. The van der Waals surface area contributed by atoms with E-state index in [1.807, 2.05) is 0 Å². The first-order chi connectivity index (χ1) is 6.63. The number of aliphatic hydroxyl groups is 1. The number of hydrogen-bond donors (Lipinski definition) is 1. The van der Waals surface area contributed by atoms with Crippen LogP contribution in [0.3, 0.4) is 0 Å². The third-order valence-corrected chi connectivity index (χ3v) is 1.80. The van der Waals surface area contributed by atoms with Gasteiger partial charge >= 0.3 is 5.97 Å². The molecule has 0 saturated carbocycles. The fourth-order valence-corrected chi connectivity index (χ4v) is 0.897. The van der Waals surface area contributed by atoms with Crippen LogP contribution in [0.15, 0.2) is 24.3 Å². The second-order valence-electron chi connectivity index (χ2n) is 3.38. The Bertz CT molecular complexity index is 301. The van der Waals surface area contributed by atoms with Gasteiger partial charge in [0.1, 0.15) is 5.75 Å². The molecular weight excluding hydrogens is 180 g/mol. The van der Waals surface area contributed by atoms with E-state index in [-0.39, 0.29) is 18.5 Å². The maximum Gasteiger partial charge on any atom is 0.313 e. The van der Waals surface area contributed by atoms with E-state index in [2.05, 4.69) is 0 Å². The first kappa shape index (κ1) is 10.7. The summed E-state index contributed by atoms with van der Waals surface area (Å²) in [7, 11) is 0. The Labute approximate surface area is 83.3 Å². The van der Waals surface area contributed by atoms with Gasteiger partial charge in [0, 0.05) is 0 Å². The zero-order chi connectivity index (χ0) is 10.6. The van der Waals surface area contributed by atoms with Crippen molar-refractivity contribution in [3.63, 3.8) is 0 Å². The maximum atomic E-state index is 11.2. The Kier molecular flexibility index (Phi) is 3.65. The van der Waals surface area contributed by atoms with Crippen molar-refractivity contribution in [1.82, 2.24) is 0 Å². The summed E-state index contributed by atoms with van der Waals surface area (Å²) in [6, 6.07) is 6.80. The molecule has 0 aliphatic carbocycles. The van der Waals surface area contributed by atoms with Crippen LogP contribution in [0, 0.1) is 5.92 Å². The number of benzene rings is 1. The van der Waals surface area contributed by atoms with Gasteiger partial charge in [-0.25, -0.2) is 0 Å². The van der Waals surface area contributed by atoms with Gasteiger partial charge in [0.25, 0.3) is 0 Å². The number of carbonyl (C=O) groups excluding carboxylic acids is 1. The number of hydrogen-bond acceptors (Lipinski definition) is 3. The highest BCUT2D eigenvalue weighted by atomic mass is 16.5. The normalized spacial score (nSPS) is 10.3. The Morgan fingerprint density at radius 1 is 1.36 bits per heavy atom. The molecule has 3 nitrogen and oxygen atoms in total. The van der Waals surface area contributed by atoms with Gasteiger partial charge in [-0.1, -0.05) is 26.0 Å². The average molecular weight is 194 g/mol. The number of esters is 1. The van der Waals surface area contributed by atoms with Gasteiger partial charge < -0.3 is 9.84 Å². The molecule has 14 heavy (non-hydrogen) atoms. The summed E-state index contributed by atoms with van der Waals surface area (Å²) >= 11 is 0. The summed E-state index contributed by atoms with van der Waals surface area (Å²) in [4.78, 5) is 11.2. The lowest BCUT2D eigenvalue weighted by atomic mass is 10.2. The van der Waals surface area contributed by atoms with Crippen LogP contribution in [-0.2, 0) is 11.4 Å². The Hall–Kier alpha value is -1.35. The van der Waals surface area contributed by atoms with Gasteiger partial charge in [-0.05, 0) is 17.7 Å². The largest absolute Gasteiger partial charge is 0.426 e. The van der Waals surface area contributed by atoms with Crippen molar-refractivity contribution in [1.29, 1.82) is 0 Å². The minimum atomic E-state index is -0.248. The fraction of sp³-hybridized carbons (Fsp3) is 0.364. The fourth-order valence-electron chi connectivity index (χ4n) is 0.897. The van der Waals surface area contributed by atoms with E-state index >= 15 is 0 Å². The summed E-state index contributed by atoms with van der Waals surface area (Å²) in [6.07, 6.45) is 0. The van der Waals surface area contributed by atoms with E-state index in [1.54, 1.807) is 38.1 Å². The van der Waals surface area contributed by atoms with Crippen LogP contribution in [0.4, 0.5) is 0 Å². The monoisotopic (exact) mass is 194 g/mol. The molecule has 1 N–H and O–H groups in total. The van der Waals surface area contributed by atoms with E-state index in [1.165, 1.54) is 0 Å². The topological polar surface area (TPSA) is 46.5 Å². The minimum absolute atomic E-state index is 0.00158. The molecule has 0 aromatic heterocycles. The quantitative estimate of drug-likeness (QED) is 0.589. The standard InChI is InChI=1S/C11H14O3/c1-8(2)11(13)14-10-5-3-9(7-12)4-6-10/h3-6,8,12H,7H2,1-2H3. The molecular formula is C11H14O3. The molecule has 0 atom stereocenters. The van der Waals surface area contributed by atoms with E-state index < -0.39 is 0 Å². The maximum absolute atomic E-state index is 11.2. The zero-order valence-corrected chi connectivity index (χ0v) is 8.36. The molecule has 0 unspecified atom stereocenters. The van der Waals surface area contributed by atoms with Crippen molar-refractivity contribution in [3.8, 4) is 5.75 Å². The molecule has 0 amide bonds. The lowest BCUT2D eigenvalue weighted by molar-refractivity contribution is -0.137. The van der Waals surface area contributed by atoms with Crippen molar-refractivity contribution in [2.24, 2.45) is 5.92 Å². The van der Waals surface area contributed by atoms with Gasteiger partial charge in [0.05, 0.1) is 12.5 Å². The van der Waals surface area contributed by atoms with Crippen molar-refractivity contribution in [3.05, 3.63) is 29.8 Å². The van der Waals surface area contributed by atoms with Crippen molar-refractivity contribution in [2.45, 2.75) is 20.5 Å². The molecule has 0 spiro atoms. The summed E-state index contributed by atoms with van der Waals surface area (Å²) in [5, 5.41) is 8.79. The summed E-state index contributed by atoms with van der Waals surface area (Å²) in [5.41, 5.74) is 0.800. The molecule has 76 valence electrons. The SMILES string of the molecule is CC(C)C(=O)Oc1ccc(CO)cc1. The Morgan fingerprint density at radius 3 is 2.36 bits per heavy atom. The molecule has 1 aromatic carbocycles. The van der Waals surface area contributed by atoms with E-state index in [0.29, 0.717) is 5.75 Å². The summed E-state index contributed by atoms with van der Waals surface area (Å²) < 4.78 is 5.05. The highest BCUT2D eigenvalue weighted by Crippen LogP contribution is 2.13. The Balaban J connectivity index is 2.64. The highest BCUT2D eigenvalue weighted by Gasteiger charge is 2.08. The van der Waals surface area contributed by atoms with Gasteiger partial charge in [-0.3, -0.25) is 4.79 Å². The molecule has 1 aromatic rings. The van der Waals surface area contributed by atoms with Crippen LogP contribution in [-0.4, -0.2) is 11.1 Å². The molecule has 0 bridgehead atoms. The first-order valence-electron chi connectivity index (χ1n) is 4.55. The molecule has 0 aliphatic rings. The van der Waals surface area contributed by atoms with Crippen LogP contribution < -0.4 is 4.74 Å². The van der Waals surface area contributed by atoms with Crippen LogP contribution in [0.2, 0.25) is 0 Å². The van der Waals surface area contributed by atoms with Crippen LogP contribution in [0.25, 0.3) is 0 Å². The molecule has 0 fully saturated rings. The predicted octanol–water partition coefficient (Wildman–Crippen LogP) is 1.74. The minimum Gasteiger partial charge on any atom is -0.426 e. The number of rotatable bonds is 3. The van der Waals surface area contributed by atoms with Gasteiger partial charge in [-0.2, -0.15) is 0 Å². The van der Waals surface area contributed by atoms with Crippen molar-refractivity contribution in [2.75, 3.05) is 0 Å². The average Bonchev–Trinajstić information content (AvgIpc) is 2.19. The molecule has 1 rings (SSSR count). The first-order valence-corrected chi connectivity index (χ1v) is 4.55. The van der Waals surface area contributed by atoms with Crippen LogP contribution in [0.1, 0.15) is 19.4 Å². The lowest BCUT2D eigenvalue weighted by Gasteiger charge is -2.06. The van der Waals surface area contributed by atoms with Crippen LogP contribution >= 0.6 is 0 Å². The second kappa shape index (κ2) is 4.77. The second-order valence-corrected chi connectivity index (χ2v) is 3.38. The van der Waals surface area contributed by atoms with E-state index in [4.69, 9.17) is 9.84 Å². The van der Waals surface area contributed by atoms with Gasteiger partial charge in [0.2, 0.25) is 0 Å². The summed E-state index contributed by atoms with van der Waals surface area (Å²) in [6.45, 7) is 3.56.